The van der Waals surface area contributed by atoms with Gasteiger partial charge in [-0.2, -0.15) is 0 Å². The molecule has 1 aromatic carbocycles. The fourth-order valence-electron chi connectivity index (χ4n) is 2.53. The standard InChI is InChI=1S/C20H26N2O3/c1-15(2)25-18-11-9-17(10-12-18)8-7-16(3)21-19(23)14-22-13-5-4-6-20(22)24/h4-6,9-13,15-16H,7-8,14H2,1-3H3,(H,21,23). The zero-order valence-corrected chi connectivity index (χ0v) is 15.1. The van der Waals surface area contributed by atoms with E-state index in [4.69, 9.17) is 4.74 Å². The Balaban J connectivity index is 1.78. The van der Waals surface area contributed by atoms with Gasteiger partial charge in [0, 0.05) is 18.3 Å². The summed E-state index contributed by atoms with van der Waals surface area (Å²) in [6, 6.07) is 12.9. The van der Waals surface area contributed by atoms with Gasteiger partial charge in [0.15, 0.2) is 0 Å². The lowest BCUT2D eigenvalue weighted by molar-refractivity contribution is -0.122. The number of carbonyl (C=O) groups is 1. The maximum Gasteiger partial charge on any atom is 0.250 e. The van der Waals surface area contributed by atoms with Crippen molar-refractivity contribution in [3.05, 3.63) is 64.6 Å². The number of hydrogen-bond acceptors (Lipinski definition) is 3. The number of rotatable bonds is 8. The van der Waals surface area contributed by atoms with Crippen LogP contribution in [0.15, 0.2) is 53.5 Å². The van der Waals surface area contributed by atoms with Gasteiger partial charge in [0.05, 0.1) is 6.10 Å². The molecular formula is C20H26N2O3. The summed E-state index contributed by atoms with van der Waals surface area (Å²) in [5, 5.41) is 2.94. The molecule has 0 aliphatic rings. The van der Waals surface area contributed by atoms with Gasteiger partial charge in [0.25, 0.3) is 5.56 Å². The Bertz CT molecular complexity index is 735. The summed E-state index contributed by atoms with van der Waals surface area (Å²) in [4.78, 5) is 23.7. The highest BCUT2D eigenvalue weighted by Gasteiger charge is 2.09. The van der Waals surface area contributed by atoms with E-state index in [-0.39, 0.29) is 30.2 Å². The highest BCUT2D eigenvalue weighted by molar-refractivity contribution is 5.76. The van der Waals surface area contributed by atoms with Gasteiger partial charge in [-0.25, -0.2) is 0 Å². The van der Waals surface area contributed by atoms with E-state index in [0.717, 1.165) is 18.6 Å². The van der Waals surface area contributed by atoms with E-state index in [1.54, 1.807) is 18.3 Å². The van der Waals surface area contributed by atoms with Crippen molar-refractivity contribution in [2.24, 2.45) is 0 Å². The van der Waals surface area contributed by atoms with Crippen molar-refractivity contribution >= 4 is 5.91 Å². The van der Waals surface area contributed by atoms with Crippen LogP contribution in [-0.4, -0.2) is 22.6 Å². The molecule has 1 amide bonds. The third-order valence-electron chi connectivity index (χ3n) is 3.78. The van der Waals surface area contributed by atoms with Crippen LogP contribution < -0.4 is 15.6 Å². The van der Waals surface area contributed by atoms with Crippen LogP contribution in [0.5, 0.6) is 5.75 Å². The van der Waals surface area contributed by atoms with Gasteiger partial charge in [0.1, 0.15) is 12.3 Å². The molecule has 0 radical (unpaired) electrons. The van der Waals surface area contributed by atoms with E-state index in [1.807, 2.05) is 32.9 Å². The number of benzene rings is 1. The number of nitrogens with zero attached hydrogens (tertiary/aromatic N) is 1. The Hall–Kier alpha value is -2.56. The fourth-order valence-corrected chi connectivity index (χ4v) is 2.53. The van der Waals surface area contributed by atoms with Crippen LogP contribution in [0.1, 0.15) is 32.8 Å². The van der Waals surface area contributed by atoms with Gasteiger partial charge in [-0.05, 0) is 57.4 Å². The summed E-state index contributed by atoms with van der Waals surface area (Å²) in [5.74, 6) is 0.717. The molecule has 0 spiro atoms. The van der Waals surface area contributed by atoms with Crippen LogP contribution in [-0.2, 0) is 17.8 Å². The lowest BCUT2D eigenvalue weighted by atomic mass is 10.1. The predicted octanol–water partition coefficient (Wildman–Crippen LogP) is 2.77. The summed E-state index contributed by atoms with van der Waals surface area (Å²) >= 11 is 0. The van der Waals surface area contributed by atoms with Crippen molar-refractivity contribution < 1.29 is 9.53 Å². The predicted molar refractivity (Wildman–Crippen MR) is 98.8 cm³/mol. The molecule has 0 aliphatic carbocycles. The summed E-state index contributed by atoms with van der Waals surface area (Å²) < 4.78 is 7.03. The quantitative estimate of drug-likeness (QED) is 0.802. The summed E-state index contributed by atoms with van der Waals surface area (Å²) in [6.45, 7) is 6.02. The van der Waals surface area contributed by atoms with Crippen LogP contribution in [0.3, 0.4) is 0 Å². The fraction of sp³-hybridized carbons (Fsp3) is 0.400. The van der Waals surface area contributed by atoms with Gasteiger partial charge in [-0.3, -0.25) is 9.59 Å². The van der Waals surface area contributed by atoms with Crippen LogP contribution in [0, 0.1) is 0 Å². The normalized spacial score (nSPS) is 12.0. The molecule has 1 aromatic heterocycles. The van der Waals surface area contributed by atoms with Crippen molar-refractivity contribution in [1.82, 2.24) is 9.88 Å². The van der Waals surface area contributed by atoms with Gasteiger partial charge < -0.3 is 14.6 Å². The topological polar surface area (TPSA) is 60.3 Å². The SMILES string of the molecule is CC(CCc1ccc(OC(C)C)cc1)NC(=O)Cn1ccccc1=O. The number of ether oxygens (including phenoxy) is 1. The zero-order valence-electron chi connectivity index (χ0n) is 15.1. The molecular weight excluding hydrogens is 316 g/mol. The maximum atomic E-state index is 12.0. The first-order valence-electron chi connectivity index (χ1n) is 8.64. The van der Waals surface area contributed by atoms with E-state index in [0.29, 0.717) is 0 Å². The lowest BCUT2D eigenvalue weighted by Crippen LogP contribution is -2.37. The van der Waals surface area contributed by atoms with E-state index in [9.17, 15) is 9.59 Å². The highest BCUT2D eigenvalue weighted by atomic mass is 16.5. The van der Waals surface area contributed by atoms with E-state index in [1.165, 1.54) is 16.2 Å². The number of aromatic nitrogens is 1. The first kappa shape index (κ1) is 18.8. The van der Waals surface area contributed by atoms with Crippen molar-refractivity contribution in [3.8, 4) is 5.75 Å². The molecule has 2 aromatic rings. The number of hydrogen-bond donors (Lipinski definition) is 1. The van der Waals surface area contributed by atoms with E-state index in [2.05, 4.69) is 17.4 Å². The van der Waals surface area contributed by atoms with Gasteiger partial charge >= 0.3 is 0 Å². The van der Waals surface area contributed by atoms with Crippen LogP contribution >= 0.6 is 0 Å². The zero-order chi connectivity index (χ0) is 18.2. The molecule has 1 heterocycles. The molecule has 2 rings (SSSR count). The van der Waals surface area contributed by atoms with Gasteiger partial charge in [0.2, 0.25) is 5.91 Å². The van der Waals surface area contributed by atoms with Crippen molar-refractivity contribution in [2.75, 3.05) is 0 Å². The molecule has 0 saturated carbocycles. The largest absolute Gasteiger partial charge is 0.491 e. The first-order chi connectivity index (χ1) is 11.9. The molecule has 0 fully saturated rings. The minimum Gasteiger partial charge on any atom is -0.491 e. The third kappa shape index (κ3) is 6.45. The second-order valence-electron chi connectivity index (χ2n) is 6.48. The Labute approximate surface area is 148 Å². The number of carbonyl (C=O) groups excluding carboxylic acids is 1. The van der Waals surface area contributed by atoms with E-state index >= 15 is 0 Å². The average Bonchev–Trinajstić information content (AvgIpc) is 2.56. The van der Waals surface area contributed by atoms with Gasteiger partial charge in [-0.15, -0.1) is 0 Å². The minimum atomic E-state index is -0.172. The maximum absolute atomic E-state index is 12.0. The Kier molecular flexibility index (Phi) is 6.81. The van der Waals surface area contributed by atoms with E-state index < -0.39 is 0 Å². The smallest absolute Gasteiger partial charge is 0.250 e. The summed E-state index contributed by atoms with van der Waals surface area (Å²) in [6.07, 6.45) is 3.49. The number of pyridine rings is 1. The molecule has 5 nitrogen and oxygen atoms in total. The number of amides is 1. The monoisotopic (exact) mass is 342 g/mol. The van der Waals surface area contributed by atoms with Crippen molar-refractivity contribution in [3.63, 3.8) is 0 Å². The summed E-state index contributed by atoms with van der Waals surface area (Å²) in [7, 11) is 0. The second-order valence-corrected chi connectivity index (χ2v) is 6.48. The molecule has 1 atom stereocenters. The Morgan fingerprint density at radius 2 is 1.84 bits per heavy atom. The van der Waals surface area contributed by atoms with Crippen LogP contribution in [0.25, 0.3) is 0 Å². The minimum absolute atomic E-state index is 0.0403. The number of aryl methyl sites for hydroxylation is 1. The molecule has 0 bridgehead atoms. The Morgan fingerprint density at radius 3 is 2.48 bits per heavy atom. The Morgan fingerprint density at radius 1 is 1.12 bits per heavy atom. The third-order valence-corrected chi connectivity index (χ3v) is 3.78. The molecule has 0 saturated heterocycles. The highest BCUT2D eigenvalue weighted by Crippen LogP contribution is 2.15. The second kappa shape index (κ2) is 9.06. The van der Waals surface area contributed by atoms with Crippen LogP contribution in [0.2, 0.25) is 0 Å². The average molecular weight is 342 g/mol. The first-order valence-corrected chi connectivity index (χ1v) is 8.64. The molecule has 0 aliphatic heterocycles. The lowest BCUT2D eigenvalue weighted by Gasteiger charge is -2.15. The van der Waals surface area contributed by atoms with Crippen LogP contribution in [0.4, 0.5) is 0 Å². The number of nitrogens with one attached hydrogen (secondary N) is 1. The van der Waals surface area contributed by atoms with Crippen molar-refractivity contribution in [1.29, 1.82) is 0 Å². The molecule has 25 heavy (non-hydrogen) atoms. The van der Waals surface area contributed by atoms with Gasteiger partial charge in [-0.1, -0.05) is 18.2 Å². The molecule has 5 heteroatoms. The molecule has 1 N–H and O–H groups in total. The molecule has 1 unspecified atom stereocenters. The van der Waals surface area contributed by atoms with Crippen molar-refractivity contribution in [2.45, 2.75) is 52.3 Å². The molecule has 134 valence electrons. The summed E-state index contributed by atoms with van der Waals surface area (Å²) in [5.41, 5.74) is 1.03.